The Hall–Kier alpha value is -1.18. The lowest BCUT2D eigenvalue weighted by Gasteiger charge is -2.19. The zero-order valence-corrected chi connectivity index (χ0v) is 12.5. The van der Waals surface area contributed by atoms with Crippen molar-refractivity contribution in [2.45, 2.75) is 16.2 Å². The summed E-state index contributed by atoms with van der Waals surface area (Å²) < 4.78 is 48.7. The van der Waals surface area contributed by atoms with E-state index in [0.717, 1.165) is 0 Å². The molecule has 2 unspecified atom stereocenters. The second-order valence-corrected chi connectivity index (χ2v) is 9.10. The fourth-order valence-corrected chi connectivity index (χ4v) is 7.07. The number of benzene rings is 1. The second kappa shape index (κ2) is 5.67. The SMILES string of the molecule is C=CCNC1CS(=O)(=O)CC1S(=O)(=O)c1ccccc1. The van der Waals surface area contributed by atoms with E-state index in [9.17, 15) is 16.8 Å². The highest BCUT2D eigenvalue weighted by Gasteiger charge is 2.45. The average Bonchev–Trinajstić information content (AvgIpc) is 2.73. The fourth-order valence-electron chi connectivity index (χ4n) is 2.33. The van der Waals surface area contributed by atoms with E-state index < -0.39 is 31.0 Å². The molecule has 0 aromatic heterocycles. The molecule has 1 N–H and O–H groups in total. The Morgan fingerprint density at radius 3 is 2.50 bits per heavy atom. The molecule has 0 amide bonds. The Balaban J connectivity index is 2.36. The van der Waals surface area contributed by atoms with Gasteiger partial charge in [0.1, 0.15) is 0 Å². The highest BCUT2D eigenvalue weighted by molar-refractivity contribution is 7.96. The fraction of sp³-hybridized carbons (Fsp3) is 0.385. The van der Waals surface area contributed by atoms with Crippen LogP contribution in [0.3, 0.4) is 0 Å². The van der Waals surface area contributed by atoms with Gasteiger partial charge >= 0.3 is 0 Å². The summed E-state index contributed by atoms with van der Waals surface area (Å²) in [5, 5.41) is 1.99. The minimum atomic E-state index is -3.67. The molecule has 2 atom stereocenters. The monoisotopic (exact) mass is 315 g/mol. The third-order valence-corrected chi connectivity index (χ3v) is 7.46. The largest absolute Gasteiger partial charge is 0.308 e. The lowest BCUT2D eigenvalue weighted by Crippen LogP contribution is -2.43. The van der Waals surface area contributed by atoms with Crippen LogP contribution in [0.1, 0.15) is 0 Å². The van der Waals surface area contributed by atoms with E-state index in [1.165, 1.54) is 12.1 Å². The van der Waals surface area contributed by atoms with Gasteiger partial charge in [-0.1, -0.05) is 24.3 Å². The molecule has 1 aromatic rings. The summed E-state index contributed by atoms with van der Waals surface area (Å²) in [6.45, 7) is 3.92. The van der Waals surface area contributed by atoms with Gasteiger partial charge in [0.15, 0.2) is 19.7 Å². The molecule has 20 heavy (non-hydrogen) atoms. The molecular weight excluding hydrogens is 298 g/mol. The first-order valence-electron chi connectivity index (χ1n) is 6.20. The van der Waals surface area contributed by atoms with Gasteiger partial charge in [0.2, 0.25) is 0 Å². The Labute approximate surface area is 119 Å². The lowest BCUT2D eigenvalue weighted by atomic mass is 10.2. The highest BCUT2D eigenvalue weighted by Crippen LogP contribution is 2.25. The van der Waals surface area contributed by atoms with Crippen molar-refractivity contribution in [1.82, 2.24) is 5.32 Å². The average molecular weight is 315 g/mol. The van der Waals surface area contributed by atoms with Gasteiger partial charge in [0, 0.05) is 12.6 Å². The topological polar surface area (TPSA) is 80.3 Å². The van der Waals surface area contributed by atoms with Crippen LogP contribution < -0.4 is 5.32 Å². The van der Waals surface area contributed by atoms with Gasteiger partial charge in [0.25, 0.3) is 0 Å². The maximum absolute atomic E-state index is 12.6. The van der Waals surface area contributed by atoms with E-state index in [0.29, 0.717) is 6.54 Å². The predicted molar refractivity (Wildman–Crippen MR) is 78.1 cm³/mol. The first-order valence-corrected chi connectivity index (χ1v) is 9.57. The van der Waals surface area contributed by atoms with Crippen LogP contribution in [0, 0.1) is 0 Å². The third kappa shape index (κ3) is 3.11. The molecule has 1 heterocycles. The van der Waals surface area contributed by atoms with E-state index in [1.54, 1.807) is 24.3 Å². The van der Waals surface area contributed by atoms with E-state index in [4.69, 9.17) is 0 Å². The van der Waals surface area contributed by atoms with E-state index in [-0.39, 0.29) is 16.4 Å². The number of hydrogen-bond donors (Lipinski definition) is 1. The molecule has 0 bridgehead atoms. The normalized spacial score (nSPS) is 25.4. The van der Waals surface area contributed by atoms with Crippen LogP contribution in [0.15, 0.2) is 47.9 Å². The minimum Gasteiger partial charge on any atom is -0.308 e. The molecule has 0 saturated carbocycles. The van der Waals surface area contributed by atoms with Crippen LogP contribution in [-0.4, -0.2) is 46.2 Å². The zero-order valence-electron chi connectivity index (χ0n) is 10.9. The molecule has 1 aromatic carbocycles. The molecule has 7 heteroatoms. The zero-order chi connectivity index (χ0) is 14.8. The summed E-state index contributed by atoms with van der Waals surface area (Å²) in [6.07, 6.45) is 1.58. The van der Waals surface area contributed by atoms with Crippen LogP contribution in [0.5, 0.6) is 0 Å². The van der Waals surface area contributed by atoms with E-state index in [1.807, 2.05) is 0 Å². The minimum absolute atomic E-state index is 0.155. The first-order chi connectivity index (χ1) is 9.37. The lowest BCUT2D eigenvalue weighted by molar-refractivity contribution is 0.544. The van der Waals surface area contributed by atoms with Gasteiger partial charge in [0.05, 0.1) is 21.7 Å². The summed E-state index contributed by atoms with van der Waals surface area (Å²) in [5.41, 5.74) is 0. The number of rotatable bonds is 5. The van der Waals surface area contributed by atoms with Gasteiger partial charge in [-0.3, -0.25) is 0 Å². The smallest absolute Gasteiger partial charge is 0.183 e. The van der Waals surface area contributed by atoms with Crippen LogP contribution in [0.25, 0.3) is 0 Å². The van der Waals surface area contributed by atoms with Crippen molar-refractivity contribution in [2.24, 2.45) is 0 Å². The van der Waals surface area contributed by atoms with Gasteiger partial charge < -0.3 is 5.32 Å². The molecule has 1 saturated heterocycles. The quantitative estimate of drug-likeness (QED) is 0.796. The number of hydrogen-bond acceptors (Lipinski definition) is 5. The van der Waals surface area contributed by atoms with Crippen LogP contribution in [-0.2, 0) is 19.7 Å². The molecule has 1 fully saturated rings. The molecule has 1 aliphatic heterocycles. The molecule has 0 aliphatic carbocycles. The van der Waals surface area contributed by atoms with Crippen molar-refractivity contribution in [1.29, 1.82) is 0 Å². The number of sulfone groups is 2. The molecular formula is C13H17NO4S2. The summed E-state index contributed by atoms with van der Waals surface area (Å²) in [4.78, 5) is 0.160. The Kier molecular flexibility index (Phi) is 4.31. The summed E-state index contributed by atoms with van der Waals surface area (Å²) in [6, 6.07) is 7.36. The Morgan fingerprint density at radius 1 is 1.25 bits per heavy atom. The second-order valence-electron chi connectivity index (χ2n) is 4.78. The molecule has 1 aliphatic rings. The highest BCUT2D eigenvalue weighted by atomic mass is 32.2. The van der Waals surface area contributed by atoms with E-state index >= 15 is 0 Å². The van der Waals surface area contributed by atoms with Crippen molar-refractivity contribution in [3.63, 3.8) is 0 Å². The number of nitrogens with one attached hydrogen (secondary N) is 1. The van der Waals surface area contributed by atoms with Gasteiger partial charge in [-0.25, -0.2) is 16.8 Å². The molecule has 0 radical (unpaired) electrons. The molecule has 110 valence electrons. The Bertz CT molecular complexity index is 680. The molecule has 2 rings (SSSR count). The maximum Gasteiger partial charge on any atom is 0.183 e. The van der Waals surface area contributed by atoms with Crippen molar-refractivity contribution in [2.75, 3.05) is 18.1 Å². The maximum atomic E-state index is 12.6. The van der Waals surface area contributed by atoms with Crippen LogP contribution >= 0.6 is 0 Å². The van der Waals surface area contributed by atoms with Crippen molar-refractivity contribution in [3.05, 3.63) is 43.0 Å². The summed E-state index contributed by atoms with van der Waals surface area (Å²) in [7, 11) is -7.01. The Morgan fingerprint density at radius 2 is 1.90 bits per heavy atom. The van der Waals surface area contributed by atoms with Crippen molar-refractivity contribution in [3.8, 4) is 0 Å². The first kappa shape index (κ1) is 15.2. The third-order valence-electron chi connectivity index (χ3n) is 3.30. The van der Waals surface area contributed by atoms with E-state index in [2.05, 4.69) is 11.9 Å². The molecule has 0 spiro atoms. The van der Waals surface area contributed by atoms with Gasteiger partial charge in [-0.05, 0) is 12.1 Å². The predicted octanol–water partition coefficient (Wildman–Crippen LogP) is 0.402. The van der Waals surface area contributed by atoms with Crippen LogP contribution in [0.2, 0.25) is 0 Å². The van der Waals surface area contributed by atoms with Crippen LogP contribution in [0.4, 0.5) is 0 Å². The van der Waals surface area contributed by atoms with Crippen molar-refractivity contribution >= 4 is 19.7 Å². The summed E-state index contributed by atoms with van der Waals surface area (Å²) in [5.74, 6) is -0.489. The molecule has 5 nitrogen and oxygen atoms in total. The van der Waals surface area contributed by atoms with Crippen molar-refractivity contribution < 1.29 is 16.8 Å². The standard InChI is InChI=1S/C13H17NO4S2/c1-2-8-14-12-9-19(15,16)10-13(12)20(17,18)11-6-4-3-5-7-11/h2-7,12-14H,1,8-10H2. The summed E-state index contributed by atoms with van der Waals surface area (Å²) >= 11 is 0. The van der Waals surface area contributed by atoms with Gasteiger partial charge in [-0.15, -0.1) is 6.58 Å². The van der Waals surface area contributed by atoms with Gasteiger partial charge in [-0.2, -0.15) is 0 Å².